The third-order valence-corrected chi connectivity index (χ3v) is 3.71. The molecule has 0 aliphatic rings. The Labute approximate surface area is 123 Å². The summed E-state index contributed by atoms with van der Waals surface area (Å²) in [6, 6.07) is 1.02. The van der Waals surface area contributed by atoms with E-state index in [4.69, 9.17) is 15.4 Å². The van der Waals surface area contributed by atoms with Crippen LogP contribution in [0.3, 0.4) is 0 Å². The molecule has 1 rings (SSSR count). The maximum Gasteiger partial charge on any atom is 0.273 e. The third-order valence-electron chi connectivity index (χ3n) is 2.38. The fourth-order valence-corrected chi connectivity index (χ4v) is 2.36. The van der Waals surface area contributed by atoms with E-state index < -0.39 is 48.1 Å². The molecule has 0 heterocycles. The number of nitro benzene ring substituents is 1. The number of nitro groups is 1. The Hall–Kier alpha value is -1.94. The van der Waals surface area contributed by atoms with E-state index in [1.807, 2.05) is 0 Å². The summed E-state index contributed by atoms with van der Waals surface area (Å²) >= 11 is 0. The number of ether oxygens (including phenoxy) is 1. The molecular weight excluding hydrogens is 331 g/mol. The second kappa shape index (κ2) is 6.22. The van der Waals surface area contributed by atoms with E-state index in [2.05, 4.69) is 5.32 Å². The molecule has 1 unspecified atom stereocenters. The van der Waals surface area contributed by atoms with E-state index in [0.29, 0.717) is 12.1 Å². The van der Waals surface area contributed by atoms with Crippen LogP contribution in [-0.2, 0) is 13.8 Å². The highest BCUT2D eigenvalue weighted by atomic mass is 35.7. The van der Waals surface area contributed by atoms with Crippen LogP contribution in [0.15, 0.2) is 17.0 Å². The first-order valence-electron chi connectivity index (χ1n) is 5.38. The van der Waals surface area contributed by atoms with Crippen molar-refractivity contribution in [2.24, 2.45) is 0 Å². The molecule has 116 valence electrons. The van der Waals surface area contributed by atoms with Crippen LogP contribution in [0.25, 0.3) is 0 Å². The molecule has 1 aromatic carbocycles. The van der Waals surface area contributed by atoms with Crippen molar-refractivity contribution >= 4 is 31.3 Å². The first-order chi connectivity index (χ1) is 9.57. The normalized spacial score (nSPS) is 12.6. The van der Waals surface area contributed by atoms with Gasteiger partial charge >= 0.3 is 0 Å². The summed E-state index contributed by atoms with van der Waals surface area (Å²) in [5, 5.41) is 12.8. The molecule has 21 heavy (non-hydrogen) atoms. The van der Waals surface area contributed by atoms with E-state index >= 15 is 0 Å². The zero-order chi connectivity index (χ0) is 16.4. The van der Waals surface area contributed by atoms with Crippen LogP contribution < -0.4 is 10.1 Å². The SMILES string of the molecule is CNC(=O)C(C)Oc1c(F)cc([N+](=O)[O-])cc1S(=O)(=O)Cl. The molecule has 1 aromatic rings. The summed E-state index contributed by atoms with van der Waals surface area (Å²) in [6.07, 6.45) is -1.23. The molecule has 0 spiro atoms. The number of nitrogens with zero attached hydrogens (tertiary/aromatic N) is 1. The summed E-state index contributed by atoms with van der Waals surface area (Å²) in [5.41, 5.74) is -0.813. The van der Waals surface area contributed by atoms with Crippen molar-refractivity contribution in [3.63, 3.8) is 0 Å². The van der Waals surface area contributed by atoms with Crippen molar-refractivity contribution in [2.75, 3.05) is 7.05 Å². The number of nitrogens with one attached hydrogen (secondary N) is 1. The smallest absolute Gasteiger partial charge is 0.273 e. The zero-order valence-corrected chi connectivity index (χ0v) is 12.4. The van der Waals surface area contributed by atoms with Crippen LogP contribution in [0, 0.1) is 15.9 Å². The number of amides is 1. The second-order valence-electron chi connectivity index (χ2n) is 3.82. The predicted octanol–water partition coefficient (Wildman–Crippen LogP) is 1.17. The van der Waals surface area contributed by atoms with E-state index in [-0.39, 0.29) is 0 Å². The summed E-state index contributed by atoms with van der Waals surface area (Å²) in [4.78, 5) is 20.0. The van der Waals surface area contributed by atoms with E-state index in [9.17, 15) is 27.7 Å². The van der Waals surface area contributed by atoms with Gasteiger partial charge in [-0.3, -0.25) is 14.9 Å². The number of likely N-dealkylation sites (N-methyl/N-ethyl adjacent to an activating group) is 1. The van der Waals surface area contributed by atoms with Gasteiger partial charge in [0, 0.05) is 23.8 Å². The Morgan fingerprint density at radius 2 is 2.10 bits per heavy atom. The fraction of sp³-hybridized carbons (Fsp3) is 0.300. The monoisotopic (exact) mass is 340 g/mol. The number of carbonyl (C=O) groups is 1. The number of hydrogen-bond acceptors (Lipinski definition) is 6. The second-order valence-corrected chi connectivity index (χ2v) is 6.36. The minimum Gasteiger partial charge on any atom is -0.476 e. The van der Waals surface area contributed by atoms with E-state index in [1.165, 1.54) is 14.0 Å². The van der Waals surface area contributed by atoms with Gasteiger partial charge in [0.05, 0.1) is 11.0 Å². The van der Waals surface area contributed by atoms with Crippen molar-refractivity contribution in [2.45, 2.75) is 17.9 Å². The lowest BCUT2D eigenvalue weighted by Crippen LogP contribution is -2.34. The molecule has 1 N–H and O–H groups in total. The molecule has 11 heteroatoms. The standard InChI is InChI=1S/C10H10ClFN2O6S/c1-5(10(15)13-2)20-9-7(12)3-6(14(16)17)4-8(9)21(11,18)19/h3-5H,1-2H3,(H,13,15). The maximum atomic E-state index is 13.8. The molecule has 1 amide bonds. The Morgan fingerprint density at radius 1 is 1.52 bits per heavy atom. The summed E-state index contributed by atoms with van der Waals surface area (Å²) in [6.45, 7) is 1.24. The van der Waals surface area contributed by atoms with Gasteiger partial charge in [-0.05, 0) is 6.92 Å². The lowest BCUT2D eigenvalue weighted by molar-refractivity contribution is -0.385. The highest BCUT2D eigenvalue weighted by Gasteiger charge is 2.28. The third kappa shape index (κ3) is 4.02. The Balaban J connectivity index is 3.44. The van der Waals surface area contributed by atoms with Crippen molar-refractivity contribution in [1.29, 1.82) is 0 Å². The van der Waals surface area contributed by atoms with Gasteiger partial charge in [-0.25, -0.2) is 12.8 Å². The zero-order valence-electron chi connectivity index (χ0n) is 10.8. The number of halogens is 2. The minimum absolute atomic E-state index is 0.470. The highest BCUT2D eigenvalue weighted by molar-refractivity contribution is 8.13. The lowest BCUT2D eigenvalue weighted by Gasteiger charge is -2.15. The number of benzene rings is 1. The van der Waals surface area contributed by atoms with Gasteiger partial charge in [0.1, 0.15) is 4.90 Å². The Bertz CT molecular complexity index is 693. The minimum atomic E-state index is -4.52. The van der Waals surface area contributed by atoms with Gasteiger partial charge in [0.25, 0.3) is 20.6 Å². The molecular formula is C10H10ClFN2O6S. The van der Waals surface area contributed by atoms with Crippen LogP contribution in [-0.4, -0.2) is 32.4 Å². The molecule has 8 nitrogen and oxygen atoms in total. The Kier molecular flexibility index (Phi) is 5.07. The molecule has 0 bridgehead atoms. The van der Waals surface area contributed by atoms with Gasteiger partial charge in [-0.2, -0.15) is 0 Å². The van der Waals surface area contributed by atoms with Gasteiger partial charge in [0.2, 0.25) is 0 Å². The molecule has 0 aliphatic heterocycles. The van der Waals surface area contributed by atoms with Crippen LogP contribution in [0.2, 0.25) is 0 Å². The predicted molar refractivity (Wildman–Crippen MR) is 70.2 cm³/mol. The summed E-state index contributed by atoms with van der Waals surface area (Å²) in [5.74, 6) is -2.82. The number of non-ortho nitro benzene ring substituents is 1. The van der Waals surface area contributed by atoms with E-state index in [0.717, 1.165) is 0 Å². The maximum absolute atomic E-state index is 13.8. The average molecular weight is 341 g/mol. The first kappa shape index (κ1) is 17.1. The van der Waals surface area contributed by atoms with Crippen LogP contribution >= 0.6 is 10.7 Å². The molecule has 0 saturated carbocycles. The number of rotatable bonds is 5. The molecule has 0 fully saturated rings. The van der Waals surface area contributed by atoms with Gasteiger partial charge in [-0.15, -0.1) is 0 Å². The molecule has 0 saturated heterocycles. The number of hydrogen-bond donors (Lipinski definition) is 1. The van der Waals surface area contributed by atoms with E-state index in [1.54, 1.807) is 0 Å². The van der Waals surface area contributed by atoms with Crippen LogP contribution in [0.4, 0.5) is 10.1 Å². The van der Waals surface area contributed by atoms with Gasteiger partial charge in [0.15, 0.2) is 17.7 Å². The number of carbonyl (C=O) groups excluding carboxylic acids is 1. The topological polar surface area (TPSA) is 116 Å². The summed E-state index contributed by atoms with van der Waals surface area (Å²) < 4.78 is 41.6. The quantitative estimate of drug-likeness (QED) is 0.488. The van der Waals surface area contributed by atoms with Crippen molar-refractivity contribution in [3.05, 3.63) is 28.1 Å². The molecule has 0 radical (unpaired) electrons. The van der Waals surface area contributed by atoms with Crippen molar-refractivity contribution in [1.82, 2.24) is 5.32 Å². The molecule has 0 aliphatic carbocycles. The average Bonchev–Trinajstić information content (AvgIpc) is 2.37. The summed E-state index contributed by atoms with van der Waals surface area (Å²) in [7, 11) is 1.89. The van der Waals surface area contributed by atoms with Gasteiger partial charge < -0.3 is 10.1 Å². The first-order valence-corrected chi connectivity index (χ1v) is 7.69. The molecule has 0 aromatic heterocycles. The van der Waals surface area contributed by atoms with Crippen LogP contribution in [0.1, 0.15) is 6.92 Å². The fourth-order valence-electron chi connectivity index (χ4n) is 1.39. The largest absolute Gasteiger partial charge is 0.476 e. The highest BCUT2D eigenvalue weighted by Crippen LogP contribution is 2.34. The molecule has 1 atom stereocenters. The van der Waals surface area contributed by atoms with Crippen molar-refractivity contribution < 1.29 is 27.3 Å². The van der Waals surface area contributed by atoms with Gasteiger partial charge in [-0.1, -0.05) is 0 Å². The van der Waals surface area contributed by atoms with Crippen molar-refractivity contribution in [3.8, 4) is 5.75 Å². The lowest BCUT2D eigenvalue weighted by atomic mass is 10.3. The van der Waals surface area contributed by atoms with Crippen LogP contribution in [0.5, 0.6) is 5.75 Å². The Morgan fingerprint density at radius 3 is 2.52 bits per heavy atom.